The summed E-state index contributed by atoms with van der Waals surface area (Å²) < 4.78 is 0. The minimum atomic E-state index is -0.915. The van der Waals surface area contributed by atoms with Crippen LogP contribution in [0.2, 0.25) is 0 Å². The highest BCUT2D eigenvalue weighted by Crippen LogP contribution is 2.46. The SMILES string of the molecule is CC1CC(C)(C)CC2(C1)NC(=O)N(CC(=O)NCC(O)c1ccccc1)C2=O. The third-order valence-electron chi connectivity index (χ3n) is 5.60. The Morgan fingerprint density at radius 1 is 1.29 bits per heavy atom. The van der Waals surface area contributed by atoms with Gasteiger partial charge in [0.05, 0.1) is 6.10 Å². The zero-order valence-electron chi connectivity index (χ0n) is 16.7. The third-order valence-corrected chi connectivity index (χ3v) is 5.60. The summed E-state index contributed by atoms with van der Waals surface area (Å²) in [5.41, 5.74) is -0.282. The maximum atomic E-state index is 13.0. The zero-order valence-corrected chi connectivity index (χ0v) is 16.7. The number of amides is 4. The lowest BCUT2D eigenvalue weighted by Gasteiger charge is -2.43. The van der Waals surface area contributed by atoms with Gasteiger partial charge < -0.3 is 15.7 Å². The highest BCUT2D eigenvalue weighted by Gasteiger charge is 2.56. The van der Waals surface area contributed by atoms with E-state index in [1.54, 1.807) is 24.3 Å². The van der Waals surface area contributed by atoms with Gasteiger partial charge in [-0.2, -0.15) is 0 Å². The van der Waals surface area contributed by atoms with Gasteiger partial charge in [0.1, 0.15) is 12.1 Å². The number of benzene rings is 1. The van der Waals surface area contributed by atoms with Crippen LogP contribution in [0.25, 0.3) is 0 Å². The van der Waals surface area contributed by atoms with Gasteiger partial charge in [-0.15, -0.1) is 0 Å². The molecule has 0 radical (unpaired) electrons. The Balaban J connectivity index is 1.60. The second kappa shape index (κ2) is 7.54. The molecule has 7 heteroatoms. The summed E-state index contributed by atoms with van der Waals surface area (Å²) in [6.45, 7) is 5.96. The number of aliphatic hydroxyl groups excluding tert-OH is 1. The summed E-state index contributed by atoms with van der Waals surface area (Å²) in [6.07, 6.45) is 1.31. The van der Waals surface area contributed by atoms with Gasteiger partial charge in [-0.1, -0.05) is 51.1 Å². The molecule has 3 atom stereocenters. The number of nitrogens with zero attached hydrogens (tertiary/aromatic N) is 1. The Morgan fingerprint density at radius 3 is 2.61 bits per heavy atom. The van der Waals surface area contributed by atoms with E-state index in [2.05, 4.69) is 31.4 Å². The maximum absolute atomic E-state index is 13.0. The Morgan fingerprint density at radius 2 is 1.96 bits per heavy atom. The average molecular weight is 387 g/mol. The lowest BCUT2D eigenvalue weighted by atomic mass is 9.64. The van der Waals surface area contributed by atoms with Crippen molar-refractivity contribution in [2.24, 2.45) is 11.3 Å². The number of carbonyl (C=O) groups excluding carboxylic acids is 3. The van der Waals surface area contributed by atoms with Gasteiger partial charge in [0.15, 0.2) is 0 Å². The molecule has 2 aliphatic rings. The molecular formula is C21H29N3O4. The molecule has 1 aliphatic carbocycles. The molecule has 0 bridgehead atoms. The van der Waals surface area contributed by atoms with Crippen LogP contribution in [-0.4, -0.2) is 46.5 Å². The Labute approximate surface area is 165 Å². The molecule has 0 aromatic heterocycles. The van der Waals surface area contributed by atoms with Gasteiger partial charge in [-0.05, 0) is 36.2 Å². The molecule has 3 rings (SSSR count). The fourth-order valence-corrected chi connectivity index (χ4v) is 4.85. The van der Waals surface area contributed by atoms with Crippen molar-refractivity contribution in [3.63, 3.8) is 0 Å². The van der Waals surface area contributed by atoms with Crippen LogP contribution in [0.5, 0.6) is 0 Å². The zero-order chi connectivity index (χ0) is 20.5. The fraction of sp³-hybridized carbons (Fsp3) is 0.571. The van der Waals surface area contributed by atoms with E-state index in [9.17, 15) is 19.5 Å². The summed E-state index contributed by atoms with van der Waals surface area (Å²) in [5, 5.41) is 15.6. The fourth-order valence-electron chi connectivity index (χ4n) is 4.85. The summed E-state index contributed by atoms with van der Waals surface area (Å²) in [6, 6.07) is 8.47. The summed E-state index contributed by atoms with van der Waals surface area (Å²) in [7, 11) is 0. The molecule has 1 saturated carbocycles. The first-order chi connectivity index (χ1) is 13.1. The van der Waals surface area contributed by atoms with Gasteiger partial charge >= 0.3 is 6.03 Å². The van der Waals surface area contributed by atoms with Crippen LogP contribution >= 0.6 is 0 Å². The van der Waals surface area contributed by atoms with E-state index in [1.165, 1.54) is 0 Å². The van der Waals surface area contributed by atoms with Gasteiger partial charge in [-0.3, -0.25) is 14.5 Å². The lowest BCUT2D eigenvalue weighted by molar-refractivity contribution is -0.137. The number of rotatable bonds is 5. The normalized spacial score (nSPS) is 27.6. The first kappa shape index (κ1) is 20.3. The standard InChI is InChI=1S/C21H29N3O4/c1-14-9-20(2,3)13-21(10-14)18(27)24(19(28)23-21)12-17(26)22-11-16(25)15-7-5-4-6-8-15/h4-8,14,16,25H,9-13H2,1-3H3,(H,22,26)(H,23,28). The van der Waals surface area contributed by atoms with E-state index in [0.717, 1.165) is 11.3 Å². The molecule has 28 heavy (non-hydrogen) atoms. The maximum Gasteiger partial charge on any atom is 0.325 e. The highest BCUT2D eigenvalue weighted by molar-refractivity contribution is 6.09. The molecule has 2 fully saturated rings. The quantitative estimate of drug-likeness (QED) is 0.673. The van der Waals surface area contributed by atoms with Crippen molar-refractivity contribution in [3.05, 3.63) is 35.9 Å². The molecule has 1 spiro atoms. The number of carbonyl (C=O) groups is 3. The van der Waals surface area contributed by atoms with Crippen LogP contribution in [0.1, 0.15) is 51.7 Å². The van der Waals surface area contributed by atoms with Gasteiger partial charge in [0.25, 0.3) is 5.91 Å². The molecule has 1 aliphatic heterocycles. The van der Waals surface area contributed by atoms with E-state index in [4.69, 9.17) is 0 Å². The first-order valence-electron chi connectivity index (χ1n) is 9.76. The van der Waals surface area contributed by atoms with E-state index in [-0.39, 0.29) is 24.4 Å². The smallest absolute Gasteiger partial charge is 0.325 e. The van der Waals surface area contributed by atoms with E-state index in [0.29, 0.717) is 24.3 Å². The lowest BCUT2D eigenvalue weighted by Crippen LogP contribution is -2.54. The molecule has 1 saturated heterocycles. The van der Waals surface area contributed by atoms with E-state index < -0.39 is 23.6 Å². The minimum Gasteiger partial charge on any atom is -0.387 e. The van der Waals surface area contributed by atoms with E-state index in [1.807, 2.05) is 6.07 Å². The summed E-state index contributed by atoms with van der Waals surface area (Å²) in [5.74, 6) is -0.489. The van der Waals surface area contributed by atoms with Crippen LogP contribution in [0, 0.1) is 11.3 Å². The molecule has 7 nitrogen and oxygen atoms in total. The van der Waals surface area contributed by atoms with Crippen LogP contribution in [0.3, 0.4) is 0 Å². The topological polar surface area (TPSA) is 98.7 Å². The predicted molar refractivity (Wildman–Crippen MR) is 104 cm³/mol. The van der Waals surface area contributed by atoms with Crippen molar-refractivity contribution < 1.29 is 19.5 Å². The van der Waals surface area contributed by atoms with Crippen LogP contribution in [-0.2, 0) is 9.59 Å². The molecular weight excluding hydrogens is 358 g/mol. The molecule has 152 valence electrons. The van der Waals surface area contributed by atoms with Gasteiger partial charge in [0.2, 0.25) is 5.91 Å². The van der Waals surface area contributed by atoms with Crippen molar-refractivity contribution in [2.45, 2.75) is 51.7 Å². The Hall–Kier alpha value is -2.41. The third kappa shape index (κ3) is 4.19. The van der Waals surface area contributed by atoms with Crippen molar-refractivity contribution in [1.29, 1.82) is 0 Å². The predicted octanol–water partition coefficient (Wildman–Crippen LogP) is 1.97. The second-order valence-electron chi connectivity index (χ2n) is 8.99. The highest BCUT2D eigenvalue weighted by atomic mass is 16.3. The van der Waals surface area contributed by atoms with Crippen molar-refractivity contribution >= 4 is 17.8 Å². The number of aliphatic hydroxyl groups is 1. The largest absolute Gasteiger partial charge is 0.387 e. The molecule has 3 unspecified atom stereocenters. The number of nitrogens with one attached hydrogen (secondary N) is 2. The molecule has 4 amide bonds. The minimum absolute atomic E-state index is 0.0156. The van der Waals surface area contributed by atoms with Crippen molar-refractivity contribution in [3.8, 4) is 0 Å². The van der Waals surface area contributed by atoms with Crippen LogP contribution in [0.4, 0.5) is 4.79 Å². The Bertz CT molecular complexity index is 764. The average Bonchev–Trinajstić information content (AvgIpc) is 2.82. The monoisotopic (exact) mass is 387 g/mol. The summed E-state index contributed by atoms with van der Waals surface area (Å²) in [4.78, 5) is 38.8. The molecule has 1 aromatic carbocycles. The summed E-state index contributed by atoms with van der Waals surface area (Å²) >= 11 is 0. The van der Waals surface area contributed by atoms with E-state index >= 15 is 0 Å². The van der Waals surface area contributed by atoms with Crippen LogP contribution in [0.15, 0.2) is 30.3 Å². The molecule has 3 N–H and O–H groups in total. The first-order valence-corrected chi connectivity index (χ1v) is 9.76. The Kier molecular flexibility index (Phi) is 5.48. The van der Waals surface area contributed by atoms with Gasteiger partial charge in [-0.25, -0.2) is 4.79 Å². The van der Waals surface area contributed by atoms with Crippen LogP contribution < -0.4 is 10.6 Å². The molecule has 1 heterocycles. The van der Waals surface area contributed by atoms with Crippen molar-refractivity contribution in [1.82, 2.24) is 15.5 Å². The van der Waals surface area contributed by atoms with Crippen molar-refractivity contribution in [2.75, 3.05) is 13.1 Å². The number of imide groups is 1. The second-order valence-corrected chi connectivity index (χ2v) is 8.99. The molecule has 1 aromatic rings. The number of hydrogen-bond acceptors (Lipinski definition) is 4. The van der Waals surface area contributed by atoms with Gasteiger partial charge in [0, 0.05) is 6.54 Å². The number of urea groups is 1. The number of hydrogen-bond donors (Lipinski definition) is 3.